The van der Waals surface area contributed by atoms with Crippen molar-refractivity contribution in [2.75, 3.05) is 11.9 Å². The van der Waals surface area contributed by atoms with E-state index in [4.69, 9.17) is 9.15 Å². The molecule has 2 aromatic rings. The molecule has 0 radical (unpaired) electrons. The number of hydrogen-bond acceptors (Lipinski definition) is 3. The second-order valence-electron chi connectivity index (χ2n) is 3.37. The third-order valence-corrected chi connectivity index (χ3v) is 2.58. The molecule has 1 aromatic carbocycles. The SMILES string of the molecule is O=c1ccc2cccc(OCC=CCBr)c2o1. The molecule has 0 amide bonds. The summed E-state index contributed by atoms with van der Waals surface area (Å²) in [5.41, 5.74) is 0.122. The number of halogens is 1. The van der Waals surface area contributed by atoms with Gasteiger partial charge in [-0.3, -0.25) is 0 Å². The van der Waals surface area contributed by atoms with Gasteiger partial charge in [0.2, 0.25) is 0 Å². The van der Waals surface area contributed by atoms with Gasteiger partial charge >= 0.3 is 5.63 Å². The van der Waals surface area contributed by atoms with E-state index in [1.165, 1.54) is 6.07 Å². The average Bonchev–Trinajstić information content (AvgIpc) is 2.35. The lowest BCUT2D eigenvalue weighted by molar-refractivity contribution is 0.358. The summed E-state index contributed by atoms with van der Waals surface area (Å²) in [6.07, 6.45) is 3.84. The molecule has 0 aliphatic heterocycles. The van der Waals surface area contributed by atoms with Gasteiger partial charge in [-0.05, 0) is 12.1 Å². The van der Waals surface area contributed by atoms with E-state index in [9.17, 15) is 4.79 Å². The van der Waals surface area contributed by atoms with Crippen molar-refractivity contribution in [3.63, 3.8) is 0 Å². The fourth-order valence-electron chi connectivity index (χ4n) is 1.45. The monoisotopic (exact) mass is 294 g/mol. The van der Waals surface area contributed by atoms with E-state index in [1.54, 1.807) is 12.1 Å². The zero-order valence-electron chi connectivity index (χ0n) is 9.06. The van der Waals surface area contributed by atoms with Gasteiger partial charge in [0.15, 0.2) is 11.3 Å². The molecule has 0 N–H and O–H groups in total. The van der Waals surface area contributed by atoms with Crippen molar-refractivity contribution in [1.82, 2.24) is 0 Å². The van der Waals surface area contributed by atoms with Gasteiger partial charge in [-0.25, -0.2) is 4.79 Å². The molecule has 1 heterocycles. The van der Waals surface area contributed by atoms with Gasteiger partial charge in [0.25, 0.3) is 0 Å². The van der Waals surface area contributed by atoms with Crippen LogP contribution in [0.2, 0.25) is 0 Å². The molecule has 0 saturated heterocycles. The molecule has 17 heavy (non-hydrogen) atoms. The third-order valence-electron chi connectivity index (χ3n) is 2.20. The van der Waals surface area contributed by atoms with Crippen molar-refractivity contribution < 1.29 is 9.15 Å². The lowest BCUT2D eigenvalue weighted by atomic mass is 10.2. The zero-order valence-corrected chi connectivity index (χ0v) is 10.6. The van der Waals surface area contributed by atoms with Crippen LogP contribution in [-0.2, 0) is 0 Å². The number of para-hydroxylation sites is 1. The molecule has 4 heteroatoms. The molecular weight excluding hydrogens is 284 g/mol. The Morgan fingerprint density at radius 2 is 2.12 bits per heavy atom. The Morgan fingerprint density at radius 1 is 1.24 bits per heavy atom. The number of benzene rings is 1. The van der Waals surface area contributed by atoms with Crippen LogP contribution in [0.15, 0.2) is 51.7 Å². The zero-order chi connectivity index (χ0) is 12.1. The van der Waals surface area contributed by atoms with Crippen LogP contribution in [0.5, 0.6) is 5.75 Å². The predicted molar refractivity (Wildman–Crippen MR) is 70.9 cm³/mol. The average molecular weight is 295 g/mol. The van der Waals surface area contributed by atoms with E-state index < -0.39 is 0 Å². The Morgan fingerprint density at radius 3 is 2.94 bits per heavy atom. The van der Waals surface area contributed by atoms with Crippen LogP contribution in [0.25, 0.3) is 11.0 Å². The van der Waals surface area contributed by atoms with Crippen LogP contribution in [0, 0.1) is 0 Å². The quantitative estimate of drug-likeness (QED) is 0.494. The molecule has 0 atom stereocenters. The standard InChI is InChI=1S/C13H11BrO3/c14-8-1-2-9-16-11-5-3-4-10-6-7-12(15)17-13(10)11/h1-7H,8-9H2. The molecular formula is C13H11BrO3. The highest BCUT2D eigenvalue weighted by molar-refractivity contribution is 9.09. The molecule has 1 aromatic heterocycles. The molecule has 0 unspecified atom stereocenters. The second-order valence-corrected chi connectivity index (χ2v) is 4.01. The van der Waals surface area contributed by atoms with Crippen molar-refractivity contribution >= 4 is 26.9 Å². The lowest BCUT2D eigenvalue weighted by Gasteiger charge is -2.05. The maximum absolute atomic E-state index is 11.2. The second kappa shape index (κ2) is 5.68. The van der Waals surface area contributed by atoms with Crippen molar-refractivity contribution in [1.29, 1.82) is 0 Å². The minimum atomic E-state index is -0.371. The first-order valence-corrected chi connectivity index (χ1v) is 6.30. The minimum Gasteiger partial charge on any atom is -0.486 e. The molecule has 0 fully saturated rings. The Labute approximate surface area is 107 Å². The summed E-state index contributed by atoms with van der Waals surface area (Å²) in [6, 6.07) is 8.65. The van der Waals surface area contributed by atoms with E-state index >= 15 is 0 Å². The largest absolute Gasteiger partial charge is 0.486 e. The van der Waals surface area contributed by atoms with Crippen LogP contribution in [0.1, 0.15) is 0 Å². The topological polar surface area (TPSA) is 39.4 Å². The van der Waals surface area contributed by atoms with Crippen LogP contribution < -0.4 is 10.4 Å². The van der Waals surface area contributed by atoms with Gasteiger partial charge in [0.05, 0.1) is 0 Å². The van der Waals surface area contributed by atoms with Crippen molar-refractivity contribution in [2.24, 2.45) is 0 Å². The van der Waals surface area contributed by atoms with Gasteiger partial charge in [0, 0.05) is 16.8 Å². The first-order valence-electron chi connectivity index (χ1n) is 5.18. The maximum Gasteiger partial charge on any atom is 0.336 e. The first-order chi connectivity index (χ1) is 8.31. The summed E-state index contributed by atoms with van der Waals surface area (Å²) in [5.74, 6) is 0.583. The Kier molecular flexibility index (Phi) is 3.98. The molecule has 0 spiro atoms. The van der Waals surface area contributed by atoms with Crippen molar-refractivity contribution in [3.8, 4) is 5.75 Å². The van der Waals surface area contributed by atoms with E-state index in [0.717, 1.165) is 10.7 Å². The van der Waals surface area contributed by atoms with Gasteiger partial charge < -0.3 is 9.15 Å². The van der Waals surface area contributed by atoms with Gasteiger partial charge in [-0.15, -0.1) is 0 Å². The first kappa shape index (κ1) is 11.9. The number of ether oxygens (including phenoxy) is 1. The van der Waals surface area contributed by atoms with E-state index in [0.29, 0.717) is 17.9 Å². The van der Waals surface area contributed by atoms with Gasteiger partial charge in [-0.2, -0.15) is 0 Å². The molecule has 0 aliphatic carbocycles. The van der Waals surface area contributed by atoms with Crippen LogP contribution in [-0.4, -0.2) is 11.9 Å². The van der Waals surface area contributed by atoms with Crippen LogP contribution >= 0.6 is 15.9 Å². The summed E-state index contributed by atoms with van der Waals surface area (Å²) < 4.78 is 10.7. The molecule has 0 bridgehead atoms. The van der Waals surface area contributed by atoms with Crippen LogP contribution in [0.4, 0.5) is 0 Å². The lowest BCUT2D eigenvalue weighted by Crippen LogP contribution is -1.98. The maximum atomic E-state index is 11.2. The summed E-state index contributed by atoms with van der Waals surface area (Å²) >= 11 is 3.28. The van der Waals surface area contributed by atoms with Crippen molar-refractivity contribution in [2.45, 2.75) is 0 Å². The summed E-state index contributed by atoms with van der Waals surface area (Å²) in [5, 5.41) is 1.65. The molecule has 3 nitrogen and oxygen atoms in total. The Balaban J connectivity index is 2.30. The molecule has 0 aliphatic rings. The predicted octanol–water partition coefficient (Wildman–Crippen LogP) is 3.12. The smallest absolute Gasteiger partial charge is 0.336 e. The highest BCUT2D eigenvalue weighted by atomic mass is 79.9. The molecule has 2 rings (SSSR count). The summed E-state index contributed by atoms with van der Waals surface area (Å²) in [7, 11) is 0. The van der Waals surface area contributed by atoms with Crippen molar-refractivity contribution in [3.05, 3.63) is 52.9 Å². The fourth-order valence-corrected chi connectivity index (χ4v) is 1.71. The summed E-state index contributed by atoms with van der Waals surface area (Å²) in [6.45, 7) is 0.448. The highest BCUT2D eigenvalue weighted by Crippen LogP contribution is 2.23. The molecule has 0 saturated carbocycles. The normalized spacial score (nSPS) is 11.1. The highest BCUT2D eigenvalue weighted by Gasteiger charge is 2.03. The number of allylic oxidation sites excluding steroid dienone is 1. The Hall–Kier alpha value is -1.55. The molecule has 88 valence electrons. The fraction of sp³-hybridized carbons (Fsp3) is 0.154. The number of hydrogen-bond donors (Lipinski definition) is 0. The van der Waals surface area contributed by atoms with Gasteiger partial charge in [0.1, 0.15) is 6.61 Å². The number of rotatable bonds is 4. The van der Waals surface area contributed by atoms with Crippen LogP contribution in [0.3, 0.4) is 0 Å². The van der Waals surface area contributed by atoms with E-state index in [2.05, 4.69) is 15.9 Å². The number of fused-ring (bicyclic) bond motifs is 1. The number of alkyl halides is 1. The van der Waals surface area contributed by atoms with Gasteiger partial charge in [-0.1, -0.05) is 40.2 Å². The minimum absolute atomic E-state index is 0.371. The Bertz CT molecular complexity index is 586. The third kappa shape index (κ3) is 2.97. The summed E-state index contributed by atoms with van der Waals surface area (Å²) in [4.78, 5) is 11.2. The van der Waals surface area contributed by atoms with E-state index in [1.807, 2.05) is 24.3 Å². The van der Waals surface area contributed by atoms with E-state index in [-0.39, 0.29) is 5.63 Å².